The molecule has 1 heterocycles. The largest absolute Gasteiger partial charge is 0.466 e. The van der Waals surface area contributed by atoms with E-state index in [2.05, 4.69) is 24.4 Å². The fraction of sp³-hybridized carbons (Fsp3) is 0.562. The van der Waals surface area contributed by atoms with Crippen LogP contribution in [0.2, 0.25) is 0 Å². The highest BCUT2D eigenvalue weighted by Crippen LogP contribution is 2.20. The van der Waals surface area contributed by atoms with Gasteiger partial charge in [-0.25, -0.2) is 0 Å². The minimum absolute atomic E-state index is 0.166. The number of amides is 1. The molecule has 0 unspecified atom stereocenters. The minimum Gasteiger partial charge on any atom is -0.466 e. The van der Waals surface area contributed by atoms with Crippen LogP contribution >= 0.6 is 0 Å². The summed E-state index contributed by atoms with van der Waals surface area (Å²) >= 11 is 0. The summed E-state index contributed by atoms with van der Waals surface area (Å²) < 4.78 is 5.52. The van der Waals surface area contributed by atoms with E-state index in [9.17, 15) is 4.79 Å². The zero-order valence-corrected chi connectivity index (χ0v) is 11.8. The summed E-state index contributed by atoms with van der Waals surface area (Å²) in [5.74, 6) is 2.55. The van der Waals surface area contributed by atoms with Crippen molar-refractivity contribution in [3.63, 3.8) is 0 Å². The van der Waals surface area contributed by atoms with Crippen molar-refractivity contribution in [2.24, 2.45) is 5.92 Å². The van der Waals surface area contributed by atoms with E-state index in [-0.39, 0.29) is 11.9 Å². The van der Waals surface area contributed by atoms with Gasteiger partial charge in [-0.1, -0.05) is 12.2 Å². The second-order valence-electron chi connectivity index (χ2n) is 5.49. The van der Waals surface area contributed by atoms with Crippen LogP contribution in [-0.4, -0.2) is 11.9 Å². The molecule has 0 aliphatic heterocycles. The Bertz CT molecular complexity index is 447. The lowest BCUT2D eigenvalue weighted by molar-refractivity contribution is -0.122. The zero-order valence-electron chi connectivity index (χ0n) is 11.8. The molecule has 2 atom stereocenters. The summed E-state index contributed by atoms with van der Waals surface area (Å²) in [6, 6.07) is 4.18. The summed E-state index contributed by atoms with van der Waals surface area (Å²) in [6.07, 6.45) is 8.98. The number of carbonyl (C=O) groups is 1. The van der Waals surface area contributed by atoms with Crippen LogP contribution in [0.4, 0.5) is 0 Å². The summed E-state index contributed by atoms with van der Waals surface area (Å²) in [7, 11) is 0. The third-order valence-electron chi connectivity index (χ3n) is 3.59. The van der Waals surface area contributed by atoms with Crippen LogP contribution in [-0.2, 0) is 11.2 Å². The smallest absolute Gasteiger partial charge is 0.220 e. The number of allylic oxidation sites excluding steroid dienone is 2. The predicted molar refractivity (Wildman–Crippen MR) is 75.9 cm³/mol. The Kier molecular flexibility index (Phi) is 4.83. The Labute approximate surface area is 115 Å². The van der Waals surface area contributed by atoms with Crippen molar-refractivity contribution in [3.05, 3.63) is 35.8 Å². The molecule has 104 valence electrons. The maximum atomic E-state index is 11.9. The summed E-state index contributed by atoms with van der Waals surface area (Å²) in [4.78, 5) is 11.9. The van der Waals surface area contributed by atoms with Gasteiger partial charge < -0.3 is 9.73 Å². The van der Waals surface area contributed by atoms with Gasteiger partial charge in [-0.05, 0) is 51.2 Å². The lowest BCUT2D eigenvalue weighted by Crippen LogP contribution is -2.33. The maximum Gasteiger partial charge on any atom is 0.220 e. The number of rotatable bonds is 6. The molecule has 3 heteroatoms. The molecule has 0 spiro atoms. The van der Waals surface area contributed by atoms with Gasteiger partial charge in [0.25, 0.3) is 0 Å². The molecular formula is C16H23NO2. The van der Waals surface area contributed by atoms with Crippen molar-refractivity contribution in [2.75, 3.05) is 0 Å². The van der Waals surface area contributed by atoms with Gasteiger partial charge in [-0.15, -0.1) is 0 Å². The monoisotopic (exact) mass is 261 g/mol. The Morgan fingerprint density at radius 1 is 1.53 bits per heavy atom. The van der Waals surface area contributed by atoms with Crippen molar-refractivity contribution < 1.29 is 9.21 Å². The van der Waals surface area contributed by atoms with E-state index in [1.165, 1.54) is 0 Å². The Hall–Kier alpha value is -1.51. The molecule has 0 bridgehead atoms. The van der Waals surface area contributed by atoms with Crippen molar-refractivity contribution in [3.8, 4) is 0 Å². The van der Waals surface area contributed by atoms with E-state index in [1.54, 1.807) is 0 Å². The standard InChI is InChI=1S/C16H23NO2/c1-12(7-9-15-10-8-13(2)19-15)17-16(18)11-14-5-3-4-6-14/h3,5,8,10,12,14H,4,6-7,9,11H2,1-2H3,(H,17,18)/t12-,14-/m1/s1. The topological polar surface area (TPSA) is 42.2 Å². The fourth-order valence-corrected chi connectivity index (χ4v) is 2.49. The highest BCUT2D eigenvalue weighted by Gasteiger charge is 2.15. The summed E-state index contributed by atoms with van der Waals surface area (Å²) in [5.41, 5.74) is 0. The van der Waals surface area contributed by atoms with Crippen molar-refractivity contribution >= 4 is 5.91 Å². The van der Waals surface area contributed by atoms with Gasteiger partial charge in [0, 0.05) is 18.9 Å². The van der Waals surface area contributed by atoms with E-state index in [0.717, 1.165) is 37.2 Å². The first-order valence-electron chi connectivity index (χ1n) is 7.15. The number of carbonyl (C=O) groups excluding carboxylic acids is 1. The number of furan rings is 1. The molecule has 1 aliphatic rings. The van der Waals surface area contributed by atoms with Crippen molar-refractivity contribution in [1.29, 1.82) is 0 Å². The molecule has 1 aromatic heterocycles. The van der Waals surface area contributed by atoms with Crippen molar-refractivity contribution in [1.82, 2.24) is 5.32 Å². The van der Waals surface area contributed by atoms with E-state index in [0.29, 0.717) is 12.3 Å². The average Bonchev–Trinajstić information content (AvgIpc) is 2.98. The number of aryl methyl sites for hydroxylation is 2. The van der Waals surface area contributed by atoms with E-state index in [1.807, 2.05) is 19.1 Å². The van der Waals surface area contributed by atoms with Crippen molar-refractivity contribution in [2.45, 2.75) is 52.0 Å². The van der Waals surface area contributed by atoms with Crippen LogP contribution in [0.1, 0.15) is 44.1 Å². The Morgan fingerprint density at radius 2 is 2.37 bits per heavy atom. The van der Waals surface area contributed by atoms with E-state index < -0.39 is 0 Å². The first kappa shape index (κ1) is 13.9. The molecule has 0 saturated carbocycles. The van der Waals surface area contributed by atoms with Gasteiger partial charge in [0.1, 0.15) is 11.5 Å². The fourth-order valence-electron chi connectivity index (χ4n) is 2.49. The number of hydrogen-bond donors (Lipinski definition) is 1. The molecule has 1 aliphatic carbocycles. The minimum atomic E-state index is 0.166. The van der Waals surface area contributed by atoms with Crippen LogP contribution in [0.25, 0.3) is 0 Å². The van der Waals surface area contributed by atoms with Crippen LogP contribution in [0, 0.1) is 12.8 Å². The third kappa shape index (κ3) is 4.58. The van der Waals surface area contributed by atoms with Crippen LogP contribution in [0.5, 0.6) is 0 Å². The molecule has 0 radical (unpaired) electrons. The molecular weight excluding hydrogens is 238 g/mol. The molecule has 0 saturated heterocycles. The maximum absolute atomic E-state index is 11.9. The van der Waals surface area contributed by atoms with Crippen LogP contribution < -0.4 is 5.32 Å². The van der Waals surface area contributed by atoms with Gasteiger partial charge in [-0.2, -0.15) is 0 Å². The van der Waals surface area contributed by atoms with Gasteiger partial charge in [0.2, 0.25) is 5.91 Å². The lowest BCUT2D eigenvalue weighted by atomic mass is 10.0. The SMILES string of the molecule is Cc1ccc(CC[C@@H](C)NC(=O)C[C@@H]2C=CCC2)o1. The highest BCUT2D eigenvalue weighted by molar-refractivity contribution is 5.76. The quantitative estimate of drug-likeness (QED) is 0.798. The van der Waals surface area contributed by atoms with Gasteiger partial charge in [0.15, 0.2) is 0 Å². The van der Waals surface area contributed by atoms with E-state index >= 15 is 0 Å². The van der Waals surface area contributed by atoms with Gasteiger partial charge in [0.05, 0.1) is 0 Å². The second-order valence-corrected chi connectivity index (χ2v) is 5.49. The Balaban J connectivity index is 1.67. The molecule has 0 fully saturated rings. The summed E-state index contributed by atoms with van der Waals surface area (Å²) in [6.45, 7) is 4.00. The highest BCUT2D eigenvalue weighted by atomic mass is 16.3. The molecule has 1 aromatic rings. The first-order valence-corrected chi connectivity index (χ1v) is 7.15. The molecule has 0 aromatic carbocycles. The second kappa shape index (κ2) is 6.60. The van der Waals surface area contributed by atoms with E-state index in [4.69, 9.17) is 4.42 Å². The zero-order chi connectivity index (χ0) is 13.7. The normalized spacial score (nSPS) is 19.6. The predicted octanol–water partition coefficient (Wildman–Crippen LogP) is 3.38. The number of nitrogens with one attached hydrogen (secondary N) is 1. The third-order valence-corrected chi connectivity index (χ3v) is 3.59. The Morgan fingerprint density at radius 3 is 3.00 bits per heavy atom. The molecule has 1 N–H and O–H groups in total. The molecule has 19 heavy (non-hydrogen) atoms. The van der Waals surface area contributed by atoms with Crippen LogP contribution in [0.15, 0.2) is 28.7 Å². The van der Waals surface area contributed by atoms with Gasteiger partial charge >= 0.3 is 0 Å². The van der Waals surface area contributed by atoms with Crippen LogP contribution in [0.3, 0.4) is 0 Å². The summed E-state index contributed by atoms with van der Waals surface area (Å²) in [5, 5.41) is 3.07. The lowest BCUT2D eigenvalue weighted by Gasteiger charge is -2.14. The first-order chi connectivity index (χ1) is 9.13. The molecule has 2 rings (SSSR count). The molecule has 1 amide bonds. The molecule has 3 nitrogen and oxygen atoms in total. The average molecular weight is 261 g/mol. The number of hydrogen-bond acceptors (Lipinski definition) is 2. The van der Waals surface area contributed by atoms with Gasteiger partial charge in [-0.3, -0.25) is 4.79 Å².